The highest BCUT2D eigenvalue weighted by molar-refractivity contribution is 7.10. The van der Waals surface area contributed by atoms with Gasteiger partial charge in [0.05, 0.1) is 6.10 Å². The molecule has 1 amide bonds. The molecule has 25 heavy (non-hydrogen) atoms. The van der Waals surface area contributed by atoms with Gasteiger partial charge in [-0.05, 0) is 30.4 Å². The molecule has 0 aromatic carbocycles. The normalized spacial score (nSPS) is 20.6. The maximum absolute atomic E-state index is 12.4. The van der Waals surface area contributed by atoms with E-state index in [1.54, 1.807) is 16.2 Å². The first kappa shape index (κ1) is 17.6. The molecular weight excluding hydrogens is 342 g/mol. The van der Waals surface area contributed by atoms with Crippen LogP contribution in [0.1, 0.15) is 29.2 Å². The van der Waals surface area contributed by atoms with Gasteiger partial charge < -0.3 is 14.6 Å². The van der Waals surface area contributed by atoms with Gasteiger partial charge in [0.25, 0.3) is 5.56 Å². The number of H-pyrrole nitrogens is 1. The van der Waals surface area contributed by atoms with Gasteiger partial charge in [-0.3, -0.25) is 14.6 Å². The number of aryl methyl sites for hydroxylation is 2. The van der Waals surface area contributed by atoms with E-state index in [4.69, 9.17) is 0 Å². The Hall–Kier alpha value is -2.19. The van der Waals surface area contributed by atoms with Crippen LogP contribution in [0.4, 0.5) is 0 Å². The second-order valence-electron chi connectivity index (χ2n) is 6.32. The number of β-amino-alcohol motifs (C(OH)–C–C–N with tert-alkyl or cyclic N) is 1. The Morgan fingerprint density at radius 1 is 1.40 bits per heavy atom. The Labute approximate surface area is 148 Å². The molecule has 0 radical (unpaired) electrons. The van der Waals surface area contributed by atoms with Gasteiger partial charge in [0.15, 0.2) is 0 Å². The van der Waals surface area contributed by atoms with E-state index in [1.807, 2.05) is 18.4 Å². The summed E-state index contributed by atoms with van der Waals surface area (Å²) in [7, 11) is 0. The Morgan fingerprint density at radius 2 is 2.20 bits per heavy atom. The average molecular weight is 363 g/mol. The Morgan fingerprint density at radius 3 is 2.84 bits per heavy atom. The van der Waals surface area contributed by atoms with E-state index in [0.29, 0.717) is 13.1 Å². The fourth-order valence-corrected chi connectivity index (χ4v) is 4.35. The number of likely N-dealkylation sites (tertiary alicyclic amines) is 1. The van der Waals surface area contributed by atoms with Crippen LogP contribution in [-0.4, -0.2) is 44.7 Å². The number of aromatic nitrogens is 2. The molecule has 2 N–H and O–H groups in total. The summed E-state index contributed by atoms with van der Waals surface area (Å²) in [6, 6.07) is 3.30. The smallest absolute Gasteiger partial charge is 0.328 e. The number of aliphatic hydroxyl groups is 1. The second kappa shape index (κ2) is 7.37. The highest BCUT2D eigenvalue weighted by Gasteiger charge is 2.32. The highest BCUT2D eigenvalue weighted by Crippen LogP contribution is 2.34. The van der Waals surface area contributed by atoms with Crippen molar-refractivity contribution in [2.75, 3.05) is 13.1 Å². The van der Waals surface area contributed by atoms with Gasteiger partial charge in [0, 0.05) is 49.1 Å². The van der Waals surface area contributed by atoms with Gasteiger partial charge in [-0.15, -0.1) is 11.3 Å². The molecule has 2 aromatic heterocycles. The number of thiophene rings is 1. The minimum atomic E-state index is -0.578. The zero-order chi connectivity index (χ0) is 18.0. The van der Waals surface area contributed by atoms with Crippen LogP contribution in [-0.2, 0) is 11.3 Å². The van der Waals surface area contributed by atoms with Crippen molar-refractivity contribution in [1.29, 1.82) is 0 Å². The lowest BCUT2D eigenvalue weighted by Gasteiger charge is -2.36. The van der Waals surface area contributed by atoms with Crippen LogP contribution in [0.15, 0.2) is 33.3 Å². The molecule has 3 heterocycles. The summed E-state index contributed by atoms with van der Waals surface area (Å²) < 4.78 is 1.30. The fourth-order valence-electron chi connectivity index (χ4n) is 3.22. The number of hydrogen-bond donors (Lipinski definition) is 2. The lowest BCUT2D eigenvalue weighted by atomic mass is 9.90. The van der Waals surface area contributed by atoms with Crippen LogP contribution in [0.3, 0.4) is 0 Å². The average Bonchev–Trinajstić information content (AvgIpc) is 2.99. The van der Waals surface area contributed by atoms with Crippen molar-refractivity contribution in [1.82, 2.24) is 14.5 Å². The summed E-state index contributed by atoms with van der Waals surface area (Å²) in [6.45, 7) is 3.15. The SMILES string of the molecule is Cc1ccsc1[C@@H]1CCN(C(=O)CCn2ccc(=O)[nH]c2=O)C[C@H]1O. The van der Waals surface area contributed by atoms with Crippen molar-refractivity contribution >= 4 is 17.2 Å². The van der Waals surface area contributed by atoms with Gasteiger partial charge in [0.2, 0.25) is 5.91 Å². The van der Waals surface area contributed by atoms with Gasteiger partial charge in [-0.2, -0.15) is 0 Å². The minimum Gasteiger partial charge on any atom is -0.391 e. The highest BCUT2D eigenvalue weighted by atomic mass is 32.1. The number of aromatic amines is 1. The van der Waals surface area contributed by atoms with E-state index in [1.165, 1.54) is 27.3 Å². The molecular formula is C17H21N3O4S. The minimum absolute atomic E-state index is 0.0749. The summed E-state index contributed by atoms with van der Waals surface area (Å²) in [5.41, 5.74) is 0.208. The number of aliphatic hydroxyl groups excluding tert-OH is 1. The number of piperidine rings is 1. The number of nitrogens with one attached hydrogen (secondary N) is 1. The Bertz CT molecular complexity index is 869. The molecule has 8 heteroatoms. The fraction of sp³-hybridized carbons (Fsp3) is 0.471. The number of hydrogen-bond acceptors (Lipinski definition) is 5. The molecule has 1 fully saturated rings. The third-order valence-corrected chi connectivity index (χ3v) is 5.79. The third-order valence-electron chi connectivity index (χ3n) is 4.64. The summed E-state index contributed by atoms with van der Waals surface area (Å²) in [6.07, 6.45) is 1.69. The molecule has 1 aliphatic rings. The predicted octanol–water partition coefficient (Wildman–Crippen LogP) is 0.674. The van der Waals surface area contributed by atoms with E-state index in [-0.39, 0.29) is 24.8 Å². The monoisotopic (exact) mass is 363 g/mol. The van der Waals surface area contributed by atoms with E-state index < -0.39 is 17.4 Å². The molecule has 134 valence electrons. The van der Waals surface area contributed by atoms with E-state index >= 15 is 0 Å². The van der Waals surface area contributed by atoms with Crippen LogP contribution in [0.2, 0.25) is 0 Å². The lowest BCUT2D eigenvalue weighted by molar-refractivity contribution is -0.134. The number of rotatable bonds is 4. The third kappa shape index (κ3) is 3.91. The Balaban J connectivity index is 1.58. The molecule has 0 bridgehead atoms. The molecule has 0 aliphatic carbocycles. The zero-order valence-electron chi connectivity index (χ0n) is 14.0. The lowest BCUT2D eigenvalue weighted by Crippen LogP contribution is -2.46. The van der Waals surface area contributed by atoms with Crippen LogP contribution >= 0.6 is 11.3 Å². The van der Waals surface area contributed by atoms with E-state index in [2.05, 4.69) is 4.98 Å². The van der Waals surface area contributed by atoms with Crippen molar-refractivity contribution < 1.29 is 9.90 Å². The van der Waals surface area contributed by atoms with Crippen LogP contribution in [0.5, 0.6) is 0 Å². The second-order valence-corrected chi connectivity index (χ2v) is 7.27. The zero-order valence-corrected chi connectivity index (χ0v) is 14.8. The van der Waals surface area contributed by atoms with Crippen molar-refractivity contribution in [3.05, 3.63) is 55.0 Å². The van der Waals surface area contributed by atoms with E-state index in [0.717, 1.165) is 6.42 Å². The molecule has 1 aliphatic heterocycles. The quantitative estimate of drug-likeness (QED) is 0.835. The van der Waals surface area contributed by atoms with Crippen LogP contribution in [0.25, 0.3) is 0 Å². The molecule has 2 aromatic rings. The van der Waals surface area contributed by atoms with Gasteiger partial charge in [-0.25, -0.2) is 4.79 Å². The number of carbonyl (C=O) groups is 1. The number of amides is 1. The van der Waals surface area contributed by atoms with Crippen molar-refractivity contribution in [2.24, 2.45) is 0 Å². The molecule has 0 saturated carbocycles. The van der Waals surface area contributed by atoms with Crippen molar-refractivity contribution in [2.45, 2.75) is 38.3 Å². The molecule has 3 rings (SSSR count). The molecule has 1 saturated heterocycles. The largest absolute Gasteiger partial charge is 0.391 e. The summed E-state index contributed by atoms with van der Waals surface area (Å²) in [4.78, 5) is 40.1. The van der Waals surface area contributed by atoms with Crippen LogP contribution in [0, 0.1) is 6.92 Å². The predicted molar refractivity (Wildman–Crippen MR) is 94.9 cm³/mol. The number of carbonyl (C=O) groups excluding carboxylic acids is 1. The van der Waals surface area contributed by atoms with Crippen molar-refractivity contribution in [3.63, 3.8) is 0 Å². The molecule has 0 unspecified atom stereocenters. The van der Waals surface area contributed by atoms with E-state index in [9.17, 15) is 19.5 Å². The maximum Gasteiger partial charge on any atom is 0.328 e. The summed E-state index contributed by atoms with van der Waals surface area (Å²) in [5, 5.41) is 12.5. The summed E-state index contributed by atoms with van der Waals surface area (Å²) >= 11 is 1.65. The Kier molecular flexibility index (Phi) is 5.19. The summed E-state index contributed by atoms with van der Waals surface area (Å²) in [5.74, 6) is -0.0237. The molecule has 2 atom stereocenters. The standard InChI is InChI=1S/C17H21N3O4S/c1-11-5-9-25-16(11)12-2-6-20(10-13(12)21)15(23)4-8-19-7-3-14(22)18-17(19)24/h3,5,7,9,12-13,21H,2,4,6,8,10H2,1H3,(H,18,22,24)/t12-,13-/m1/s1. The first-order valence-corrected chi connectivity index (χ1v) is 9.13. The number of nitrogens with zero attached hydrogens (tertiary/aromatic N) is 2. The van der Waals surface area contributed by atoms with Gasteiger partial charge in [0.1, 0.15) is 0 Å². The molecule has 0 spiro atoms. The van der Waals surface area contributed by atoms with Gasteiger partial charge in [-0.1, -0.05) is 0 Å². The van der Waals surface area contributed by atoms with Crippen molar-refractivity contribution in [3.8, 4) is 0 Å². The maximum atomic E-state index is 12.4. The first-order chi connectivity index (χ1) is 12.0. The first-order valence-electron chi connectivity index (χ1n) is 8.25. The van der Waals surface area contributed by atoms with Crippen LogP contribution < -0.4 is 11.2 Å². The van der Waals surface area contributed by atoms with Gasteiger partial charge >= 0.3 is 5.69 Å². The molecule has 7 nitrogen and oxygen atoms in total. The topological polar surface area (TPSA) is 95.4 Å².